The van der Waals surface area contributed by atoms with E-state index in [1.54, 1.807) is 0 Å². The summed E-state index contributed by atoms with van der Waals surface area (Å²) in [5.74, 6) is 0. The molecule has 0 amide bonds. The van der Waals surface area contributed by atoms with E-state index in [4.69, 9.17) is 33.2 Å². The third kappa shape index (κ3) is 4.68. The van der Waals surface area contributed by atoms with Crippen LogP contribution in [0.2, 0.25) is 39.3 Å². The third-order valence-corrected chi connectivity index (χ3v) is 18.9. The van der Waals surface area contributed by atoms with Crippen LogP contribution >= 0.6 is 33.2 Å². The highest BCUT2D eigenvalue weighted by molar-refractivity contribution is 7.66. The minimum absolute atomic E-state index is 1.50. The van der Waals surface area contributed by atoms with E-state index in [9.17, 15) is 0 Å². The Kier molecular flexibility index (Phi) is 4.63. The fourth-order valence-electron chi connectivity index (χ4n) is 1.77. The summed E-state index contributed by atoms with van der Waals surface area (Å²) in [6, 6.07) is 0. The van der Waals surface area contributed by atoms with Crippen LogP contribution in [0, 0.1) is 0 Å². The van der Waals surface area contributed by atoms with Gasteiger partial charge >= 0.3 is 6.16 Å². The lowest BCUT2D eigenvalue weighted by Crippen LogP contribution is -2.66. The van der Waals surface area contributed by atoms with Gasteiger partial charge in [0.25, 0.3) is 0 Å². The summed E-state index contributed by atoms with van der Waals surface area (Å²) in [7, 11) is -2.99. The molecule has 0 fully saturated rings. The molecule has 0 aliphatic rings. The average Bonchev–Trinajstić information content (AvgIpc) is 1.44. The zero-order valence-electron chi connectivity index (χ0n) is 9.08. The summed E-state index contributed by atoms with van der Waals surface area (Å²) in [6.07, 6.45) is -2.68. The van der Waals surface area contributed by atoms with Crippen molar-refractivity contribution in [2.75, 3.05) is 0 Å². The summed E-state index contributed by atoms with van der Waals surface area (Å²) >= 11 is 18.4. The van der Waals surface area contributed by atoms with Crippen LogP contribution in [-0.4, -0.2) is 26.5 Å². The van der Waals surface area contributed by atoms with Gasteiger partial charge < -0.3 is 3.90 Å². The maximum Gasteiger partial charge on any atom is 0.411 e. The molecule has 0 saturated heterocycles. The van der Waals surface area contributed by atoms with Gasteiger partial charge in [0.05, 0.1) is 0 Å². The Balaban J connectivity index is 5.02. The topological polar surface area (TPSA) is 3.24 Å². The molecule has 7 heteroatoms. The monoisotopic (exact) mass is 293 g/mol. The number of halogens is 3. The molecule has 0 heterocycles. The van der Waals surface area contributed by atoms with Gasteiger partial charge in [-0.05, 0) is 0 Å². The van der Waals surface area contributed by atoms with Crippen molar-refractivity contribution >= 4 is 55.9 Å². The van der Waals surface area contributed by atoms with Crippen LogP contribution in [-0.2, 0) is 0 Å². The van der Waals surface area contributed by atoms with Gasteiger partial charge in [-0.15, -0.1) is 33.2 Å². The molecule has 0 bridgehead atoms. The molecule has 0 aliphatic heterocycles. The van der Waals surface area contributed by atoms with Crippen molar-refractivity contribution in [2.24, 2.45) is 0 Å². The zero-order valence-corrected chi connectivity index (χ0v) is 14.3. The van der Waals surface area contributed by atoms with E-state index in [0.29, 0.717) is 0 Å². The highest BCUT2D eigenvalue weighted by Gasteiger charge is 2.48. The number of hydrogen-bond donors (Lipinski definition) is 0. The number of nitrogens with zero attached hydrogens (tertiary/aromatic N) is 1. The van der Waals surface area contributed by atoms with Gasteiger partial charge in [0, 0.05) is 0 Å². The molecule has 0 aromatic heterocycles. The Hall–Kier alpha value is 1.48. The number of rotatable bonds is 3. The second-order valence-corrected chi connectivity index (χ2v) is 24.1. The van der Waals surface area contributed by atoms with E-state index < -0.39 is 22.6 Å². The lowest BCUT2D eigenvalue weighted by Gasteiger charge is -2.46. The molecular formula is C6H18Cl3NSi3. The molecular weight excluding hydrogens is 277 g/mol. The minimum Gasteiger partial charge on any atom is -0.332 e. The predicted octanol–water partition coefficient (Wildman–Crippen LogP) is 4.11. The van der Waals surface area contributed by atoms with Gasteiger partial charge in [-0.1, -0.05) is 39.3 Å². The summed E-state index contributed by atoms with van der Waals surface area (Å²) in [5.41, 5.74) is 0. The highest BCUT2D eigenvalue weighted by atomic mass is 35.8. The van der Waals surface area contributed by atoms with Crippen LogP contribution in [0.5, 0.6) is 0 Å². The standard InChI is InChI=1S/C6H18Cl3NSi3/c1-11(2,3)10(12(4,5)6)13(7,8)9/h1-6H3. The van der Waals surface area contributed by atoms with E-state index in [2.05, 4.69) is 43.2 Å². The molecule has 13 heavy (non-hydrogen) atoms. The van der Waals surface area contributed by atoms with Crippen molar-refractivity contribution in [3.63, 3.8) is 0 Å². The van der Waals surface area contributed by atoms with Crippen molar-refractivity contribution in [3.05, 3.63) is 0 Å². The van der Waals surface area contributed by atoms with Crippen molar-refractivity contribution in [2.45, 2.75) is 39.3 Å². The van der Waals surface area contributed by atoms with Gasteiger partial charge in [-0.25, -0.2) is 0 Å². The Morgan fingerprint density at radius 2 is 0.923 bits per heavy atom. The zero-order chi connectivity index (χ0) is 11.1. The molecule has 80 valence electrons. The normalized spacial score (nSPS) is 15.2. The molecule has 0 rings (SSSR count). The Morgan fingerprint density at radius 1 is 0.692 bits per heavy atom. The van der Waals surface area contributed by atoms with Crippen molar-refractivity contribution in [1.82, 2.24) is 3.90 Å². The van der Waals surface area contributed by atoms with Crippen molar-refractivity contribution < 1.29 is 0 Å². The fourth-order valence-corrected chi connectivity index (χ4v) is 29.6. The van der Waals surface area contributed by atoms with E-state index in [-0.39, 0.29) is 0 Å². The quantitative estimate of drug-likeness (QED) is 0.559. The SMILES string of the molecule is C[Si](C)(C)N([Si](C)(C)C)[Si](Cl)(Cl)Cl. The van der Waals surface area contributed by atoms with Gasteiger partial charge in [0.2, 0.25) is 0 Å². The predicted molar refractivity (Wildman–Crippen MR) is 71.8 cm³/mol. The van der Waals surface area contributed by atoms with E-state index in [1.165, 1.54) is 0 Å². The molecule has 0 aliphatic carbocycles. The van der Waals surface area contributed by atoms with Gasteiger partial charge in [0.1, 0.15) is 16.5 Å². The van der Waals surface area contributed by atoms with Crippen LogP contribution in [0.1, 0.15) is 0 Å². The van der Waals surface area contributed by atoms with Crippen LogP contribution in [0.25, 0.3) is 0 Å². The maximum absolute atomic E-state index is 6.13. The van der Waals surface area contributed by atoms with Crippen LogP contribution in [0.4, 0.5) is 0 Å². The Labute approximate surface area is 98.7 Å². The summed E-state index contributed by atoms with van der Waals surface area (Å²) in [5, 5.41) is 0. The van der Waals surface area contributed by atoms with E-state index in [0.717, 1.165) is 0 Å². The second kappa shape index (κ2) is 4.15. The lowest BCUT2D eigenvalue weighted by atomic mass is 11.8. The van der Waals surface area contributed by atoms with Crippen molar-refractivity contribution in [3.8, 4) is 0 Å². The molecule has 1 nitrogen and oxygen atoms in total. The van der Waals surface area contributed by atoms with E-state index >= 15 is 0 Å². The molecule has 0 N–H and O–H groups in total. The second-order valence-electron chi connectivity index (χ2n) is 5.14. The van der Waals surface area contributed by atoms with Crippen LogP contribution in [0.3, 0.4) is 0 Å². The fraction of sp³-hybridized carbons (Fsp3) is 1.00. The largest absolute Gasteiger partial charge is 0.411 e. The lowest BCUT2D eigenvalue weighted by molar-refractivity contribution is 0.953. The minimum atomic E-state index is -2.68. The molecule has 0 spiro atoms. The molecule has 0 aromatic carbocycles. The van der Waals surface area contributed by atoms with Crippen LogP contribution < -0.4 is 0 Å². The molecule has 0 atom stereocenters. The first kappa shape index (κ1) is 14.5. The van der Waals surface area contributed by atoms with Gasteiger partial charge in [0.15, 0.2) is 0 Å². The average molecular weight is 295 g/mol. The summed E-state index contributed by atoms with van der Waals surface area (Å²) in [4.78, 5) is 0. The van der Waals surface area contributed by atoms with Crippen molar-refractivity contribution in [1.29, 1.82) is 0 Å². The molecule has 0 radical (unpaired) electrons. The third-order valence-electron chi connectivity index (χ3n) is 1.60. The van der Waals surface area contributed by atoms with Crippen LogP contribution in [0.15, 0.2) is 0 Å². The maximum atomic E-state index is 6.13. The first-order chi connectivity index (χ1) is 5.37. The molecule has 0 saturated carbocycles. The highest BCUT2D eigenvalue weighted by Crippen LogP contribution is 2.34. The summed E-state index contributed by atoms with van der Waals surface area (Å²) in [6.45, 7) is 13.4. The first-order valence-corrected chi connectivity index (χ1v) is 16.1. The molecule has 0 aromatic rings. The smallest absolute Gasteiger partial charge is 0.332 e. The molecule has 0 unspecified atom stereocenters. The van der Waals surface area contributed by atoms with E-state index in [1.807, 2.05) is 0 Å². The van der Waals surface area contributed by atoms with Gasteiger partial charge in [-0.2, -0.15) is 0 Å². The summed E-state index contributed by atoms with van der Waals surface area (Å²) < 4.78 is 2.28. The van der Waals surface area contributed by atoms with Gasteiger partial charge in [-0.3, -0.25) is 0 Å². The Bertz CT molecular complexity index is 146. The first-order valence-electron chi connectivity index (χ1n) is 4.24. The Morgan fingerprint density at radius 3 is 0.923 bits per heavy atom. The number of hydrogen-bond acceptors (Lipinski definition) is 1.